The zero-order valence-electron chi connectivity index (χ0n) is 10.7. The second-order valence-electron chi connectivity index (χ2n) is 4.14. The van der Waals surface area contributed by atoms with Crippen molar-refractivity contribution in [3.05, 3.63) is 44.0 Å². The van der Waals surface area contributed by atoms with Crippen LogP contribution in [-0.2, 0) is 6.42 Å². The van der Waals surface area contributed by atoms with E-state index in [9.17, 15) is 10.1 Å². The fourth-order valence-corrected chi connectivity index (χ4v) is 2.41. The Labute approximate surface area is 114 Å². The highest BCUT2D eigenvalue weighted by Crippen LogP contribution is 2.21. The van der Waals surface area contributed by atoms with Crippen LogP contribution < -0.4 is 5.32 Å². The molecule has 0 bridgehead atoms. The Morgan fingerprint density at radius 1 is 1.32 bits per heavy atom. The molecule has 2 heterocycles. The van der Waals surface area contributed by atoms with Crippen LogP contribution in [0.25, 0.3) is 0 Å². The lowest BCUT2D eigenvalue weighted by Gasteiger charge is -2.05. The topological polar surface area (TPSA) is 81.0 Å². The summed E-state index contributed by atoms with van der Waals surface area (Å²) in [5.74, 6) is 0.318. The van der Waals surface area contributed by atoms with Crippen LogP contribution in [0.5, 0.6) is 0 Å². The molecule has 100 valence electrons. The van der Waals surface area contributed by atoms with E-state index in [1.807, 2.05) is 12.3 Å². The van der Waals surface area contributed by atoms with Gasteiger partial charge >= 0.3 is 5.69 Å². The third-order valence-corrected chi connectivity index (χ3v) is 3.53. The molecular formula is C12H14N4O2S. The van der Waals surface area contributed by atoms with Crippen LogP contribution in [0.1, 0.15) is 16.4 Å². The number of aryl methyl sites for hydroxylation is 2. The molecule has 2 aromatic heterocycles. The van der Waals surface area contributed by atoms with E-state index in [-0.39, 0.29) is 5.69 Å². The summed E-state index contributed by atoms with van der Waals surface area (Å²) >= 11 is 1.59. The second kappa shape index (κ2) is 5.75. The van der Waals surface area contributed by atoms with Crippen LogP contribution >= 0.6 is 11.3 Å². The summed E-state index contributed by atoms with van der Waals surface area (Å²) < 4.78 is 0. The number of hydrogen-bond acceptors (Lipinski definition) is 6. The van der Waals surface area contributed by atoms with Gasteiger partial charge in [0.25, 0.3) is 0 Å². The molecule has 0 atom stereocenters. The summed E-state index contributed by atoms with van der Waals surface area (Å²) in [4.78, 5) is 19.0. The summed E-state index contributed by atoms with van der Waals surface area (Å²) in [6.45, 7) is 4.32. The van der Waals surface area contributed by atoms with Gasteiger partial charge in [-0.25, -0.2) is 9.97 Å². The molecule has 0 aromatic carbocycles. The van der Waals surface area contributed by atoms with Crippen molar-refractivity contribution in [2.45, 2.75) is 20.3 Å². The Balaban J connectivity index is 2.02. The van der Waals surface area contributed by atoms with E-state index in [1.165, 1.54) is 6.07 Å². The zero-order valence-corrected chi connectivity index (χ0v) is 11.5. The van der Waals surface area contributed by atoms with Crippen LogP contribution in [0.3, 0.4) is 0 Å². The lowest BCUT2D eigenvalue weighted by molar-refractivity contribution is -0.384. The number of thiazole rings is 1. The van der Waals surface area contributed by atoms with Crippen LogP contribution in [0.4, 0.5) is 11.5 Å². The fraction of sp³-hybridized carbons (Fsp3) is 0.333. The SMILES string of the molecule is Cc1csc(CCNc2nc(C)ccc2[N+](=O)[O-])n1. The first-order valence-electron chi connectivity index (χ1n) is 5.83. The van der Waals surface area contributed by atoms with Crippen molar-refractivity contribution in [2.75, 3.05) is 11.9 Å². The molecule has 0 saturated heterocycles. The maximum absolute atomic E-state index is 10.9. The summed E-state index contributed by atoms with van der Waals surface area (Å²) in [7, 11) is 0. The van der Waals surface area contributed by atoms with Gasteiger partial charge in [0, 0.05) is 35.8 Å². The van der Waals surface area contributed by atoms with Gasteiger partial charge in [-0.05, 0) is 19.9 Å². The number of nitro groups is 1. The van der Waals surface area contributed by atoms with Crippen molar-refractivity contribution in [3.8, 4) is 0 Å². The van der Waals surface area contributed by atoms with Crippen molar-refractivity contribution < 1.29 is 4.92 Å². The highest BCUT2D eigenvalue weighted by atomic mass is 32.1. The molecule has 0 aliphatic heterocycles. The third kappa shape index (κ3) is 3.47. The van der Waals surface area contributed by atoms with Crippen LogP contribution in [-0.4, -0.2) is 21.4 Å². The van der Waals surface area contributed by atoms with Gasteiger partial charge in [-0.15, -0.1) is 11.3 Å². The molecule has 6 nitrogen and oxygen atoms in total. The van der Waals surface area contributed by atoms with Crippen molar-refractivity contribution in [3.63, 3.8) is 0 Å². The number of aromatic nitrogens is 2. The molecule has 0 saturated carbocycles. The molecule has 0 fully saturated rings. The van der Waals surface area contributed by atoms with Gasteiger partial charge in [-0.1, -0.05) is 0 Å². The molecule has 7 heteroatoms. The number of rotatable bonds is 5. The first-order valence-corrected chi connectivity index (χ1v) is 6.71. The molecule has 2 aromatic rings. The molecule has 0 aliphatic carbocycles. The Hall–Kier alpha value is -2.02. The normalized spacial score (nSPS) is 10.4. The minimum absolute atomic E-state index is 0.000851. The van der Waals surface area contributed by atoms with Crippen molar-refractivity contribution in [1.82, 2.24) is 9.97 Å². The highest BCUT2D eigenvalue weighted by Gasteiger charge is 2.14. The predicted octanol–water partition coefficient (Wildman–Crippen LogP) is 2.72. The van der Waals surface area contributed by atoms with Crippen molar-refractivity contribution >= 4 is 22.8 Å². The van der Waals surface area contributed by atoms with Gasteiger partial charge in [-0.3, -0.25) is 10.1 Å². The number of hydrogen-bond donors (Lipinski definition) is 1. The van der Waals surface area contributed by atoms with E-state index in [4.69, 9.17) is 0 Å². The molecule has 1 N–H and O–H groups in total. The first kappa shape index (κ1) is 13.4. The predicted molar refractivity (Wildman–Crippen MR) is 74.7 cm³/mol. The average Bonchev–Trinajstić information content (AvgIpc) is 2.75. The maximum Gasteiger partial charge on any atom is 0.311 e. The van der Waals surface area contributed by atoms with Gasteiger partial charge in [-0.2, -0.15) is 0 Å². The van der Waals surface area contributed by atoms with Crippen molar-refractivity contribution in [2.24, 2.45) is 0 Å². The van der Waals surface area contributed by atoms with Crippen LogP contribution in [0.2, 0.25) is 0 Å². The van der Waals surface area contributed by atoms with Crippen LogP contribution in [0, 0.1) is 24.0 Å². The summed E-state index contributed by atoms with van der Waals surface area (Å²) in [5.41, 5.74) is 1.75. The van der Waals surface area contributed by atoms with E-state index in [1.54, 1.807) is 24.3 Å². The number of nitrogens with zero attached hydrogens (tertiary/aromatic N) is 3. The van der Waals surface area contributed by atoms with Gasteiger partial charge in [0.2, 0.25) is 5.82 Å². The number of nitrogens with one attached hydrogen (secondary N) is 1. The maximum atomic E-state index is 10.9. The summed E-state index contributed by atoms with van der Waals surface area (Å²) in [5, 5.41) is 16.9. The number of pyridine rings is 1. The molecule has 0 unspecified atom stereocenters. The molecule has 0 aliphatic rings. The quantitative estimate of drug-likeness (QED) is 0.671. The first-order chi connectivity index (χ1) is 9.06. The third-order valence-electron chi connectivity index (χ3n) is 2.51. The Morgan fingerprint density at radius 3 is 2.74 bits per heavy atom. The monoisotopic (exact) mass is 278 g/mol. The largest absolute Gasteiger partial charge is 0.364 e. The Bertz CT molecular complexity index is 597. The van der Waals surface area contributed by atoms with Gasteiger partial charge in [0.1, 0.15) is 0 Å². The van der Waals surface area contributed by atoms with E-state index in [2.05, 4.69) is 15.3 Å². The minimum atomic E-state index is -0.428. The second-order valence-corrected chi connectivity index (χ2v) is 5.08. The minimum Gasteiger partial charge on any atom is -0.364 e. The highest BCUT2D eigenvalue weighted by molar-refractivity contribution is 7.09. The van der Waals surface area contributed by atoms with E-state index in [0.717, 1.165) is 22.8 Å². The van der Waals surface area contributed by atoms with Gasteiger partial charge in [0.15, 0.2) is 0 Å². The van der Waals surface area contributed by atoms with Crippen LogP contribution in [0.15, 0.2) is 17.5 Å². The van der Waals surface area contributed by atoms with Crippen molar-refractivity contribution in [1.29, 1.82) is 0 Å². The summed E-state index contributed by atoms with van der Waals surface area (Å²) in [6, 6.07) is 3.10. The lowest BCUT2D eigenvalue weighted by Crippen LogP contribution is -2.09. The molecule has 2 rings (SSSR count). The molecular weight excluding hydrogens is 264 g/mol. The van der Waals surface area contributed by atoms with Gasteiger partial charge < -0.3 is 5.32 Å². The molecule has 0 radical (unpaired) electrons. The van der Waals surface area contributed by atoms with E-state index in [0.29, 0.717) is 12.4 Å². The van der Waals surface area contributed by atoms with E-state index < -0.39 is 4.92 Å². The standard InChI is InChI=1S/C12H14N4O2S/c1-8-3-4-10(16(17)18)12(15-8)13-6-5-11-14-9(2)7-19-11/h3-4,7H,5-6H2,1-2H3,(H,13,15). The Morgan fingerprint density at radius 2 is 2.11 bits per heavy atom. The Kier molecular flexibility index (Phi) is 4.06. The zero-order chi connectivity index (χ0) is 13.8. The molecule has 0 spiro atoms. The molecule has 19 heavy (non-hydrogen) atoms. The number of anilines is 1. The van der Waals surface area contributed by atoms with E-state index >= 15 is 0 Å². The average molecular weight is 278 g/mol. The smallest absolute Gasteiger partial charge is 0.311 e. The molecule has 0 amide bonds. The lowest BCUT2D eigenvalue weighted by atomic mass is 10.3. The van der Waals surface area contributed by atoms with Gasteiger partial charge in [0.05, 0.1) is 9.93 Å². The fourth-order valence-electron chi connectivity index (χ4n) is 1.63. The summed E-state index contributed by atoms with van der Waals surface area (Å²) in [6.07, 6.45) is 0.727.